The SMILES string of the molecule is Cc1cc(C)cc(CSCC(=O)NC[C@@H]2COc3ccccc3O2)c1. The molecule has 0 radical (unpaired) electrons. The first-order valence-electron chi connectivity index (χ1n) is 8.40. The van der Waals surface area contributed by atoms with E-state index in [4.69, 9.17) is 9.47 Å². The summed E-state index contributed by atoms with van der Waals surface area (Å²) in [4.78, 5) is 12.0. The Labute approximate surface area is 152 Å². The van der Waals surface area contributed by atoms with Crippen molar-refractivity contribution in [1.82, 2.24) is 5.32 Å². The molecule has 1 atom stereocenters. The normalized spacial score (nSPS) is 15.7. The fraction of sp³-hybridized carbons (Fsp3) is 0.350. The molecule has 25 heavy (non-hydrogen) atoms. The smallest absolute Gasteiger partial charge is 0.230 e. The average Bonchev–Trinajstić information content (AvgIpc) is 2.59. The van der Waals surface area contributed by atoms with Gasteiger partial charge in [0.15, 0.2) is 11.5 Å². The number of carbonyl (C=O) groups is 1. The van der Waals surface area contributed by atoms with Gasteiger partial charge in [-0.1, -0.05) is 41.5 Å². The molecule has 1 N–H and O–H groups in total. The molecule has 0 bridgehead atoms. The Kier molecular flexibility index (Phi) is 5.87. The number of aryl methyl sites for hydroxylation is 2. The molecule has 0 saturated carbocycles. The Morgan fingerprint density at radius 2 is 1.88 bits per heavy atom. The summed E-state index contributed by atoms with van der Waals surface area (Å²) in [6.45, 7) is 5.10. The van der Waals surface area contributed by atoms with E-state index in [0.29, 0.717) is 18.9 Å². The van der Waals surface area contributed by atoms with Crippen molar-refractivity contribution in [1.29, 1.82) is 0 Å². The van der Waals surface area contributed by atoms with Crippen LogP contribution in [0.15, 0.2) is 42.5 Å². The predicted octanol–water partition coefficient (Wildman–Crippen LogP) is 3.49. The number of ether oxygens (including phenoxy) is 2. The number of nitrogens with one attached hydrogen (secondary N) is 1. The highest BCUT2D eigenvalue weighted by atomic mass is 32.2. The first-order valence-corrected chi connectivity index (χ1v) is 9.56. The Bertz CT molecular complexity index is 727. The Morgan fingerprint density at radius 3 is 2.64 bits per heavy atom. The third kappa shape index (κ3) is 5.16. The molecule has 1 aliphatic rings. The van der Waals surface area contributed by atoms with Gasteiger partial charge in [-0.15, -0.1) is 11.8 Å². The van der Waals surface area contributed by atoms with Crippen molar-refractivity contribution in [2.75, 3.05) is 18.9 Å². The van der Waals surface area contributed by atoms with Crippen LogP contribution in [0.2, 0.25) is 0 Å². The number of carbonyl (C=O) groups excluding carboxylic acids is 1. The largest absolute Gasteiger partial charge is 0.486 e. The molecule has 5 heteroatoms. The second-order valence-electron chi connectivity index (χ2n) is 6.29. The van der Waals surface area contributed by atoms with Gasteiger partial charge in [0.05, 0.1) is 12.3 Å². The molecule has 4 nitrogen and oxygen atoms in total. The van der Waals surface area contributed by atoms with Crippen LogP contribution in [0.4, 0.5) is 0 Å². The number of amides is 1. The lowest BCUT2D eigenvalue weighted by molar-refractivity contribution is -0.119. The fourth-order valence-electron chi connectivity index (χ4n) is 2.86. The number of thioether (sulfide) groups is 1. The molecule has 1 heterocycles. The standard InChI is InChI=1S/C20H23NO3S/c1-14-7-15(2)9-16(8-14)12-25-13-20(22)21-10-17-11-23-18-5-3-4-6-19(18)24-17/h3-9,17H,10-13H2,1-2H3,(H,21,22)/t17-/m1/s1. The van der Waals surface area contributed by atoms with Crippen LogP contribution in [0.1, 0.15) is 16.7 Å². The molecule has 0 saturated heterocycles. The zero-order valence-electron chi connectivity index (χ0n) is 14.6. The first-order chi connectivity index (χ1) is 12.1. The van der Waals surface area contributed by atoms with Crippen molar-refractivity contribution in [3.05, 3.63) is 59.2 Å². The molecular formula is C20H23NO3S. The van der Waals surface area contributed by atoms with Gasteiger partial charge in [0, 0.05) is 5.75 Å². The minimum absolute atomic E-state index is 0.0248. The maximum Gasteiger partial charge on any atom is 0.230 e. The highest BCUT2D eigenvalue weighted by molar-refractivity contribution is 7.99. The van der Waals surface area contributed by atoms with E-state index in [-0.39, 0.29) is 12.0 Å². The summed E-state index contributed by atoms with van der Waals surface area (Å²) in [7, 11) is 0. The molecule has 0 unspecified atom stereocenters. The summed E-state index contributed by atoms with van der Waals surface area (Å²) in [6.07, 6.45) is -0.150. The van der Waals surface area contributed by atoms with Crippen LogP contribution in [-0.4, -0.2) is 30.9 Å². The third-order valence-electron chi connectivity index (χ3n) is 3.88. The maximum absolute atomic E-state index is 12.0. The summed E-state index contributed by atoms with van der Waals surface area (Å²) in [5.74, 6) is 2.80. The molecule has 2 aromatic carbocycles. The number of fused-ring (bicyclic) bond motifs is 1. The Hall–Kier alpha value is -2.14. The number of para-hydroxylation sites is 2. The highest BCUT2D eigenvalue weighted by Crippen LogP contribution is 2.30. The quantitative estimate of drug-likeness (QED) is 0.860. The predicted molar refractivity (Wildman–Crippen MR) is 101 cm³/mol. The van der Waals surface area contributed by atoms with Gasteiger partial charge in [0.25, 0.3) is 0 Å². The number of rotatable bonds is 6. The number of hydrogen-bond donors (Lipinski definition) is 1. The van der Waals surface area contributed by atoms with Crippen LogP contribution in [0.3, 0.4) is 0 Å². The van der Waals surface area contributed by atoms with Crippen LogP contribution in [0, 0.1) is 13.8 Å². The highest BCUT2D eigenvalue weighted by Gasteiger charge is 2.20. The molecule has 132 valence electrons. The van der Waals surface area contributed by atoms with E-state index in [9.17, 15) is 4.79 Å². The molecule has 2 aromatic rings. The van der Waals surface area contributed by atoms with Gasteiger partial charge >= 0.3 is 0 Å². The zero-order chi connectivity index (χ0) is 17.6. The summed E-state index contributed by atoms with van der Waals surface area (Å²) in [5, 5.41) is 2.93. The zero-order valence-corrected chi connectivity index (χ0v) is 15.4. The average molecular weight is 357 g/mol. The van der Waals surface area contributed by atoms with Crippen molar-refractivity contribution >= 4 is 17.7 Å². The van der Waals surface area contributed by atoms with Gasteiger partial charge in [0.1, 0.15) is 12.7 Å². The van der Waals surface area contributed by atoms with Gasteiger partial charge in [0.2, 0.25) is 5.91 Å². The van der Waals surface area contributed by atoms with Crippen LogP contribution < -0.4 is 14.8 Å². The lowest BCUT2D eigenvalue weighted by atomic mass is 10.1. The molecule has 0 aromatic heterocycles. The van der Waals surface area contributed by atoms with Gasteiger partial charge in [-0.25, -0.2) is 0 Å². The second-order valence-corrected chi connectivity index (χ2v) is 7.28. The van der Waals surface area contributed by atoms with E-state index in [1.165, 1.54) is 16.7 Å². The molecule has 1 aliphatic heterocycles. The van der Waals surface area contributed by atoms with Crippen molar-refractivity contribution in [2.45, 2.75) is 25.7 Å². The molecule has 0 fully saturated rings. The van der Waals surface area contributed by atoms with Crippen LogP contribution in [0.25, 0.3) is 0 Å². The molecule has 3 rings (SSSR count). The van der Waals surface area contributed by atoms with E-state index in [0.717, 1.165) is 17.3 Å². The minimum Gasteiger partial charge on any atom is -0.486 e. The number of benzene rings is 2. The summed E-state index contributed by atoms with van der Waals surface area (Å²) in [6, 6.07) is 14.1. The van der Waals surface area contributed by atoms with Gasteiger partial charge in [-0.05, 0) is 31.5 Å². The monoisotopic (exact) mass is 357 g/mol. The van der Waals surface area contributed by atoms with Crippen molar-refractivity contribution < 1.29 is 14.3 Å². The summed E-state index contributed by atoms with van der Waals surface area (Å²) < 4.78 is 11.5. The molecular weight excluding hydrogens is 334 g/mol. The summed E-state index contributed by atoms with van der Waals surface area (Å²) >= 11 is 1.62. The van der Waals surface area contributed by atoms with E-state index >= 15 is 0 Å². The summed E-state index contributed by atoms with van der Waals surface area (Å²) in [5.41, 5.74) is 3.78. The molecule has 1 amide bonds. The van der Waals surface area contributed by atoms with Crippen LogP contribution in [0.5, 0.6) is 11.5 Å². The van der Waals surface area contributed by atoms with Gasteiger partial charge in [-0.3, -0.25) is 4.79 Å². The number of hydrogen-bond acceptors (Lipinski definition) is 4. The van der Waals surface area contributed by atoms with E-state index in [1.54, 1.807) is 11.8 Å². The van der Waals surface area contributed by atoms with Crippen molar-refractivity contribution in [3.8, 4) is 11.5 Å². The van der Waals surface area contributed by atoms with E-state index < -0.39 is 0 Å². The van der Waals surface area contributed by atoms with E-state index in [2.05, 4.69) is 37.4 Å². The lowest BCUT2D eigenvalue weighted by Gasteiger charge is -2.26. The van der Waals surface area contributed by atoms with Gasteiger partial charge in [-0.2, -0.15) is 0 Å². The Balaban J connectivity index is 1.39. The third-order valence-corrected chi connectivity index (χ3v) is 4.88. The van der Waals surface area contributed by atoms with Crippen molar-refractivity contribution in [2.24, 2.45) is 0 Å². The second kappa shape index (κ2) is 8.30. The van der Waals surface area contributed by atoms with E-state index in [1.807, 2.05) is 24.3 Å². The Morgan fingerprint density at radius 1 is 1.16 bits per heavy atom. The fourth-order valence-corrected chi connectivity index (χ4v) is 3.65. The topological polar surface area (TPSA) is 47.6 Å². The lowest BCUT2D eigenvalue weighted by Crippen LogP contribution is -2.41. The molecule has 0 spiro atoms. The van der Waals surface area contributed by atoms with Gasteiger partial charge < -0.3 is 14.8 Å². The maximum atomic E-state index is 12.0. The minimum atomic E-state index is -0.150. The first kappa shape index (κ1) is 17.7. The van der Waals surface area contributed by atoms with Crippen LogP contribution in [-0.2, 0) is 10.5 Å². The molecule has 0 aliphatic carbocycles. The van der Waals surface area contributed by atoms with Crippen LogP contribution >= 0.6 is 11.8 Å². The van der Waals surface area contributed by atoms with Crippen molar-refractivity contribution in [3.63, 3.8) is 0 Å².